The second-order valence-electron chi connectivity index (χ2n) is 2.26. The lowest BCUT2D eigenvalue weighted by Gasteiger charge is -2.02. The average molecular weight is 225 g/mol. The van der Waals surface area contributed by atoms with Gasteiger partial charge in [0.05, 0.1) is 11.0 Å². The molecule has 0 radical (unpaired) electrons. The van der Waals surface area contributed by atoms with Crippen molar-refractivity contribution in [2.75, 3.05) is 0 Å². The van der Waals surface area contributed by atoms with E-state index < -0.39 is 7.60 Å². The zero-order valence-electron chi connectivity index (χ0n) is 6.62. The molecule has 0 saturated carbocycles. The van der Waals surface area contributed by atoms with Crippen molar-refractivity contribution in [3.05, 3.63) is 24.0 Å². The molecule has 0 spiro atoms. The Bertz CT molecular complexity index is 310. The third kappa shape index (κ3) is 3.42. The van der Waals surface area contributed by atoms with Crippen molar-refractivity contribution in [2.45, 2.75) is 6.54 Å². The van der Waals surface area contributed by atoms with E-state index in [1.54, 1.807) is 0 Å². The Kier molecular flexibility index (Phi) is 4.53. The molecule has 74 valence electrons. The first kappa shape index (κ1) is 12.6. The molecular weight excluding hydrogens is 215 g/mol. The van der Waals surface area contributed by atoms with E-state index in [0.717, 1.165) is 6.20 Å². The molecule has 5 nitrogen and oxygen atoms in total. The summed E-state index contributed by atoms with van der Waals surface area (Å²) in [6.45, 7) is 0.265. The van der Waals surface area contributed by atoms with Gasteiger partial charge >= 0.3 is 7.60 Å². The van der Waals surface area contributed by atoms with Crippen LogP contribution >= 0.6 is 20.0 Å². The van der Waals surface area contributed by atoms with Gasteiger partial charge in [0.15, 0.2) is 0 Å². The summed E-state index contributed by atoms with van der Waals surface area (Å²) in [7, 11) is -4.15. The number of halogens is 1. The summed E-state index contributed by atoms with van der Waals surface area (Å²) < 4.78 is 10.7. The molecule has 1 rings (SSSR count). The van der Waals surface area contributed by atoms with Crippen LogP contribution in [0, 0.1) is 0 Å². The summed E-state index contributed by atoms with van der Waals surface area (Å²) in [6, 6.07) is 2.82. The molecule has 13 heavy (non-hydrogen) atoms. The minimum atomic E-state index is -4.15. The van der Waals surface area contributed by atoms with E-state index in [1.807, 2.05) is 0 Å². The second kappa shape index (κ2) is 4.69. The van der Waals surface area contributed by atoms with E-state index in [9.17, 15) is 4.57 Å². The molecule has 0 amide bonds. The summed E-state index contributed by atoms with van der Waals surface area (Å²) in [5, 5.41) is -0.0836. The van der Waals surface area contributed by atoms with Crippen LogP contribution in [-0.2, 0) is 11.1 Å². The molecule has 0 unspecified atom stereocenters. The number of pyridine rings is 1. The quantitative estimate of drug-likeness (QED) is 0.603. The largest absolute Gasteiger partial charge is 0.357 e. The van der Waals surface area contributed by atoms with Crippen LogP contribution in [-0.4, -0.2) is 14.8 Å². The molecule has 0 atom stereocenters. The lowest BCUT2D eigenvalue weighted by atomic mass is 10.4. The van der Waals surface area contributed by atoms with Gasteiger partial charge in [0.2, 0.25) is 0 Å². The van der Waals surface area contributed by atoms with Crippen molar-refractivity contribution < 1.29 is 14.4 Å². The van der Waals surface area contributed by atoms with E-state index in [-0.39, 0.29) is 24.3 Å². The number of rotatable bonds is 2. The molecule has 0 fully saturated rings. The molecule has 1 aromatic heterocycles. The van der Waals surface area contributed by atoms with Gasteiger partial charge in [-0.15, -0.1) is 12.4 Å². The van der Waals surface area contributed by atoms with Gasteiger partial charge in [-0.3, -0.25) is 9.55 Å². The SMILES string of the molecule is Cl.NCc1ccc(P(=O)(O)O)cn1. The average Bonchev–Trinajstić information content (AvgIpc) is 2.03. The summed E-state index contributed by atoms with van der Waals surface area (Å²) in [6.07, 6.45) is 1.14. The molecule has 0 aliphatic heterocycles. The van der Waals surface area contributed by atoms with Crippen molar-refractivity contribution in [1.82, 2.24) is 4.98 Å². The Morgan fingerprint density at radius 3 is 2.38 bits per heavy atom. The number of hydrogen-bond donors (Lipinski definition) is 3. The summed E-state index contributed by atoms with van der Waals surface area (Å²) >= 11 is 0. The van der Waals surface area contributed by atoms with Gasteiger partial charge in [0, 0.05) is 12.7 Å². The number of nitrogens with zero attached hydrogens (tertiary/aromatic N) is 1. The number of nitrogens with two attached hydrogens (primary N) is 1. The highest BCUT2D eigenvalue weighted by Gasteiger charge is 2.16. The van der Waals surface area contributed by atoms with Gasteiger partial charge < -0.3 is 15.5 Å². The Morgan fingerprint density at radius 1 is 1.46 bits per heavy atom. The van der Waals surface area contributed by atoms with E-state index in [2.05, 4.69) is 4.98 Å². The molecule has 1 heterocycles. The molecule has 0 bridgehead atoms. The van der Waals surface area contributed by atoms with Crippen LogP contribution in [0.4, 0.5) is 0 Å². The molecule has 0 saturated heterocycles. The third-order valence-corrected chi connectivity index (χ3v) is 2.29. The van der Waals surface area contributed by atoms with E-state index >= 15 is 0 Å². The standard InChI is InChI=1S/C6H9N2O3P.ClH/c7-3-5-1-2-6(4-8-5)12(9,10)11;/h1-2,4H,3,7H2,(H2,9,10,11);1H. The van der Waals surface area contributed by atoms with Crippen molar-refractivity contribution in [1.29, 1.82) is 0 Å². The monoisotopic (exact) mass is 224 g/mol. The van der Waals surface area contributed by atoms with Crippen molar-refractivity contribution in [2.24, 2.45) is 5.73 Å². The minimum Gasteiger partial charge on any atom is -0.325 e. The maximum Gasteiger partial charge on any atom is 0.357 e. The lowest BCUT2D eigenvalue weighted by molar-refractivity contribution is 0.387. The Hall–Kier alpha value is -0.450. The van der Waals surface area contributed by atoms with Crippen LogP contribution in [0.15, 0.2) is 18.3 Å². The fourth-order valence-corrected chi connectivity index (χ4v) is 1.19. The lowest BCUT2D eigenvalue weighted by Crippen LogP contribution is -2.07. The predicted molar refractivity (Wildman–Crippen MR) is 51.1 cm³/mol. The third-order valence-electron chi connectivity index (χ3n) is 1.35. The predicted octanol–water partition coefficient (Wildman–Crippen LogP) is -0.235. The topological polar surface area (TPSA) is 96.4 Å². The maximum atomic E-state index is 10.7. The highest BCUT2D eigenvalue weighted by molar-refractivity contribution is 7.60. The van der Waals surface area contributed by atoms with Crippen molar-refractivity contribution in [3.63, 3.8) is 0 Å². The van der Waals surface area contributed by atoms with Gasteiger partial charge in [-0.1, -0.05) is 0 Å². The Morgan fingerprint density at radius 2 is 2.08 bits per heavy atom. The second-order valence-corrected chi connectivity index (χ2v) is 3.86. The maximum absolute atomic E-state index is 10.7. The highest BCUT2D eigenvalue weighted by Crippen LogP contribution is 2.32. The van der Waals surface area contributed by atoms with Crippen LogP contribution in [0.1, 0.15) is 5.69 Å². The summed E-state index contributed by atoms with van der Waals surface area (Å²) in [4.78, 5) is 21.1. The first-order chi connectivity index (χ1) is 5.54. The molecule has 7 heteroatoms. The molecule has 1 aromatic rings. The Balaban J connectivity index is 0.00000144. The summed E-state index contributed by atoms with van der Waals surface area (Å²) in [5.74, 6) is 0. The van der Waals surface area contributed by atoms with Gasteiger partial charge in [-0.2, -0.15) is 0 Å². The van der Waals surface area contributed by atoms with E-state index in [4.69, 9.17) is 15.5 Å². The number of aromatic nitrogens is 1. The highest BCUT2D eigenvalue weighted by atomic mass is 35.5. The minimum absolute atomic E-state index is 0. The van der Waals surface area contributed by atoms with Gasteiger partial charge in [-0.05, 0) is 12.1 Å². The van der Waals surface area contributed by atoms with Crippen LogP contribution in [0.3, 0.4) is 0 Å². The van der Waals surface area contributed by atoms with Gasteiger partial charge in [0.25, 0.3) is 0 Å². The summed E-state index contributed by atoms with van der Waals surface area (Å²) in [5.41, 5.74) is 5.86. The van der Waals surface area contributed by atoms with E-state index in [0.29, 0.717) is 5.69 Å². The zero-order chi connectivity index (χ0) is 9.19. The molecule has 4 N–H and O–H groups in total. The first-order valence-corrected chi connectivity index (χ1v) is 4.86. The normalized spacial score (nSPS) is 10.7. The fraction of sp³-hybridized carbons (Fsp3) is 0.167. The molecule has 0 aliphatic carbocycles. The van der Waals surface area contributed by atoms with Crippen molar-refractivity contribution >= 4 is 25.3 Å². The smallest absolute Gasteiger partial charge is 0.325 e. The Labute approximate surface area is 81.6 Å². The molecule has 0 aliphatic rings. The van der Waals surface area contributed by atoms with E-state index in [1.165, 1.54) is 12.1 Å². The van der Waals surface area contributed by atoms with Crippen molar-refractivity contribution in [3.8, 4) is 0 Å². The fourth-order valence-electron chi connectivity index (χ4n) is 0.710. The molecule has 0 aromatic carbocycles. The molecular formula is C6H10ClN2O3P. The first-order valence-electron chi connectivity index (χ1n) is 3.25. The van der Waals surface area contributed by atoms with Crippen LogP contribution < -0.4 is 11.0 Å². The van der Waals surface area contributed by atoms with Crippen LogP contribution in [0.5, 0.6) is 0 Å². The van der Waals surface area contributed by atoms with Crippen LogP contribution in [0.2, 0.25) is 0 Å². The van der Waals surface area contributed by atoms with Gasteiger partial charge in [0.1, 0.15) is 0 Å². The van der Waals surface area contributed by atoms with Crippen LogP contribution in [0.25, 0.3) is 0 Å². The zero-order valence-corrected chi connectivity index (χ0v) is 8.33. The number of hydrogen-bond acceptors (Lipinski definition) is 3. The van der Waals surface area contributed by atoms with Gasteiger partial charge in [-0.25, -0.2) is 0 Å².